The molecule has 110 valence electrons. The lowest BCUT2D eigenvalue weighted by molar-refractivity contribution is -0.117. The number of piperidine rings is 1. The van der Waals surface area contributed by atoms with Crippen molar-refractivity contribution in [2.45, 2.75) is 12.8 Å². The number of carbonyl (C=O) groups excluding carboxylic acids is 1. The molecule has 1 aromatic carbocycles. The van der Waals surface area contributed by atoms with E-state index in [0.717, 1.165) is 29.8 Å². The van der Waals surface area contributed by atoms with Crippen molar-refractivity contribution in [3.63, 3.8) is 0 Å². The minimum absolute atomic E-state index is 0.0365. The molecule has 1 aliphatic rings. The minimum atomic E-state index is 0.0365. The molecule has 1 saturated heterocycles. The highest BCUT2D eigenvalue weighted by Gasteiger charge is 2.16. The van der Waals surface area contributed by atoms with Gasteiger partial charge >= 0.3 is 0 Å². The zero-order chi connectivity index (χ0) is 14.4. The Bertz CT molecular complexity index is 446. The molecule has 1 unspecified atom stereocenters. The van der Waals surface area contributed by atoms with E-state index < -0.39 is 0 Å². The first-order chi connectivity index (χ1) is 9.63. The van der Waals surface area contributed by atoms with Crippen LogP contribution in [0.15, 0.2) is 28.7 Å². The first-order valence-electron chi connectivity index (χ1n) is 7.08. The Morgan fingerprint density at radius 3 is 3.10 bits per heavy atom. The fourth-order valence-electron chi connectivity index (χ4n) is 2.60. The number of amides is 1. The monoisotopic (exact) mass is 339 g/mol. The quantitative estimate of drug-likeness (QED) is 0.865. The van der Waals surface area contributed by atoms with Crippen LogP contribution in [0.25, 0.3) is 0 Å². The van der Waals surface area contributed by atoms with Gasteiger partial charge in [-0.1, -0.05) is 22.0 Å². The highest BCUT2D eigenvalue weighted by Crippen LogP contribution is 2.15. The van der Waals surface area contributed by atoms with Crippen LogP contribution in [-0.4, -0.2) is 44.0 Å². The highest BCUT2D eigenvalue weighted by atomic mass is 79.9. The average molecular weight is 340 g/mol. The van der Waals surface area contributed by atoms with E-state index in [9.17, 15) is 4.79 Å². The lowest BCUT2D eigenvalue weighted by Gasteiger charge is -2.27. The van der Waals surface area contributed by atoms with E-state index in [4.69, 9.17) is 0 Å². The van der Waals surface area contributed by atoms with Crippen molar-refractivity contribution in [2.75, 3.05) is 38.5 Å². The van der Waals surface area contributed by atoms with E-state index in [1.165, 1.54) is 12.8 Å². The van der Waals surface area contributed by atoms with Crippen LogP contribution in [0.4, 0.5) is 5.69 Å². The molecule has 0 aromatic heterocycles. The van der Waals surface area contributed by atoms with Crippen LogP contribution in [0.5, 0.6) is 0 Å². The summed E-state index contributed by atoms with van der Waals surface area (Å²) in [6, 6.07) is 7.66. The van der Waals surface area contributed by atoms with Crippen molar-refractivity contribution in [3.05, 3.63) is 28.7 Å². The number of rotatable bonds is 5. The second kappa shape index (κ2) is 7.76. The smallest absolute Gasteiger partial charge is 0.238 e. The summed E-state index contributed by atoms with van der Waals surface area (Å²) >= 11 is 3.40. The van der Waals surface area contributed by atoms with Gasteiger partial charge in [-0.25, -0.2) is 0 Å². The summed E-state index contributed by atoms with van der Waals surface area (Å²) in [7, 11) is 2.01. The number of halogens is 1. The van der Waals surface area contributed by atoms with E-state index in [-0.39, 0.29) is 5.91 Å². The highest BCUT2D eigenvalue weighted by molar-refractivity contribution is 9.10. The topological polar surface area (TPSA) is 44.4 Å². The van der Waals surface area contributed by atoms with Gasteiger partial charge in [-0.2, -0.15) is 0 Å². The number of anilines is 1. The molecule has 2 rings (SSSR count). The molecule has 4 nitrogen and oxygen atoms in total. The van der Waals surface area contributed by atoms with Crippen LogP contribution in [0.3, 0.4) is 0 Å². The molecule has 20 heavy (non-hydrogen) atoms. The number of benzene rings is 1. The molecule has 1 aromatic rings. The van der Waals surface area contributed by atoms with Gasteiger partial charge in [0.15, 0.2) is 0 Å². The Hall–Kier alpha value is -0.910. The summed E-state index contributed by atoms with van der Waals surface area (Å²) in [6.07, 6.45) is 2.49. The van der Waals surface area contributed by atoms with Crippen molar-refractivity contribution in [1.82, 2.24) is 10.2 Å². The molecule has 1 aliphatic heterocycles. The Labute approximate surface area is 129 Å². The van der Waals surface area contributed by atoms with Gasteiger partial charge in [0.1, 0.15) is 0 Å². The average Bonchev–Trinajstić information content (AvgIpc) is 2.39. The number of hydrogen-bond acceptors (Lipinski definition) is 3. The van der Waals surface area contributed by atoms with Crippen LogP contribution < -0.4 is 10.6 Å². The first kappa shape index (κ1) is 15.5. The van der Waals surface area contributed by atoms with Gasteiger partial charge in [-0.05, 0) is 57.1 Å². The van der Waals surface area contributed by atoms with Crippen molar-refractivity contribution >= 4 is 27.5 Å². The molecule has 1 fully saturated rings. The molecule has 0 spiro atoms. The maximum Gasteiger partial charge on any atom is 0.238 e. The number of carbonyl (C=O) groups is 1. The van der Waals surface area contributed by atoms with E-state index in [1.807, 2.05) is 31.3 Å². The fraction of sp³-hybridized carbons (Fsp3) is 0.533. The third kappa shape index (κ3) is 5.23. The fourth-order valence-corrected chi connectivity index (χ4v) is 3.00. The Kier molecular flexibility index (Phi) is 6.01. The van der Waals surface area contributed by atoms with Gasteiger partial charge in [0.2, 0.25) is 5.91 Å². The predicted molar refractivity (Wildman–Crippen MR) is 85.9 cm³/mol. The zero-order valence-electron chi connectivity index (χ0n) is 11.9. The lowest BCUT2D eigenvalue weighted by atomic mass is 9.99. The second-order valence-electron chi connectivity index (χ2n) is 5.47. The summed E-state index contributed by atoms with van der Waals surface area (Å²) in [4.78, 5) is 14.1. The molecule has 0 aliphatic carbocycles. The summed E-state index contributed by atoms with van der Waals surface area (Å²) in [5.74, 6) is 0.696. The van der Waals surface area contributed by atoms with Gasteiger partial charge in [0.25, 0.3) is 0 Å². The summed E-state index contributed by atoms with van der Waals surface area (Å²) < 4.78 is 0.969. The lowest BCUT2D eigenvalue weighted by Crippen LogP contribution is -2.39. The summed E-state index contributed by atoms with van der Waals surface area (Å²) in [5.41, 5.74) is 0.831. The van der Waals surface area contributed by atoms with Crippen LogP contribution in [0.1, 0.15) is 12.8 Å². The van der Waals surface area contributed by atoms with E-state index >= 15 is 0 Å². The number of nitrogens with zero attached hydrogens (tertiary/aromatic N) is 1. The van der Waals surface area contributed by atoms with Crippen LogP contribution in [-0.2, 0) is 4.79 Å². The Morgan fingerprint density at radius 1 is 1.55 bits per heavy atom. The van der Waals surface area contributed by atoms with Gasteiger partial charge < -0.3 is 10.6 Å². The summed E-state index contributed by atoms with van der Waals surface area (Å²) in [5, 5.41) is 6.33. The third-order valence-electron chi connectivity index (χ3n) is 3.49. The molecule has 1 amide bonds. The van der Waals surface area contributed by atoms with Crippen LogP contribution in [0, 0.1) is 5.92 Å². The van der Waals surface area contributed by atoms with Gasteiger partial charge in [0.05, 0.1) is 6.54 Å². The number of likely N-dealkylation sites (N-methyl/N-ethyl adjacent to an activating group) is 1. The van der Waals surface area contributed by atoms with Crippen LogP contribution >= 0.6 is 15.9 Å². The predicted octanol–water partition coefficient (Wildman–Crippen LogP) is 2.32. The summed E-state index contributed by atoms with van der Waals surface area (Å²) in [6.45, 7) is 3.60. The van der Waals surface area contributed by atoms with E-state index in [0.29, 0.717) is 12.5 Å². The van der Waals surface area contributed by atoms with Crippen molar-refractivity contribution in [1.29, 1.82) is 0 Å². The SMILES string of the molecule is CN(CC(=O)Nc1cccc(Br)c1)CC1CCCNC1. The van der Waals surface area contributed by atoms with Gasteiger partial charge in [-0.15, -0.1) is 0 Å². The van der Waals surface area contributed by atoms with Gasteiger partial charge in [-0.3, -0.25) is 9.69 Å². The normalized spacial score (nSPS) is 19.1. The van der Waals surface area contributed by atoms with E-state index in [1.54, 1.807) is 0 Å². The van der Waals surface area contributed by atoms with Gasteiger partial charge in [0, 0.05) is 16.7 Å². The minimum Gasteiger partial charge on any atom is -0.325 e. The zero-order valence-corrected chi connectivity index (χ0v) is 13.4. The maximum absolute atomic E-state index is 12.0. The standard InChI is InChI=1S/C15H22BrN3O/c1-19(10-12-4-3-7-17-9-12)11-15(20)18-14-6-2-5-13(16)8-14/h2,5-6,8,12,17H,3-4,7,9-11H2,1H3,(H,18,20). The maximum atomic E-state index is 12.0. The molecule has 1 heterocycles. The second-order valence-corrected chi connectivity index (χ2v) is 6.38. The molecule has 5 heteroatoms. The van der Waals surface area contributed by atoms with Crippen LogP contribution in [0.2, 0.25) is 0 Å². The molecular weight excluding hydrogens is 318 g/mol. The Balaban J connectivity index is 1.75. The molecule has 0 bridgehead atoms. The molecule has 1 atom stereocenters. The number of nitrogens with one attached hydrogen (secondary N) is 2. The molecule has 0 saturated carbocycles. The Morgan fingerprint density at radius 2 is 2.40 bits per heavy atom. The largest absolute Gasteiger partial charge is 0.325 e. The molecule has 2 N–H and O–H groups in total. The molecular formula is C15H22BrN3O. The van der Waals surface area contributed by atoms with E-state index in [2.05, 4.69) is 31.5 Å². The molecule has 0 radical (unpaired) electrons. The number of hydrogen-bond donors (Lipinski definition) is 2. The van der Waals surface area contributed by atoms with Crippen molar-refractivity contribution < 1.29 is 4.79 Å². The first-order valence-corrected chi connectivity index (χ1v) is 7.87. The third-order valence-corrected chi connectivity index (χ3v) is 3.98. The van der Waals surface area contributed by atoms with Crippen molar-refractivity contribution in [2.24, 2.45) is 5.92 Å². The van der Waals surface area contributed by atoms with Crippen molar-refractivity contribution in [3.8, 4) is 0 Å².